The minimum Gasteiger partial charge on any atom is -0.376 e. The molecule has 0 amide bonds. The molecule has 1 fully saturated rings. The summed E-state index contributed by atoms with van der Waals surface area (Å²) in [6.45, 7) is 1.81. The third-order valence-electron chi connectivity index (χ3n) is 4.17. The number of nitrogens with zero attached hydrogens (tertiary/aromatic N) is 2. The molecule has 0 saturated carbocycles. The number of thiophene rings is 1. The van der Waals surface area contributed by atoms with Crippen LogP contribution in [0.5, 0.6) is 0 Å². The molecule has 5 nitrogen and oxygen atoms in total. The van der Waals surface area contributed by atoms with E-state index in [1.807, 2.05) is 18.4 Å². The van der Waals surface area contributed by atoms with E-state index >= 15 is 0 Å². The summed E-state index contributed by atoms with van der Waals surface area (Å²) in [7, 11) is 1.93. The SMILES string of the molecule is CNc1nc(C2COCCO2)nc2sc3c(c12)CCCC3. The summed E-state index contributed by atoms with van der Waals surface area (Å²) in [5.74, 6) is 1.67. The normalized spacial score (nSPS) is 22.2. The zero-order valence-electron chi connectivity index (χ0n) is 12.1. The van der Waals surface area contributed by atoms with Crippen molar-refractivity contribution in [3.8, 4) is 0 Å². The van der Waals surface area contributed by atoms with Crippen LogP contribution in [0.3, 0.4) is 0 Å². The van der Waals surface area contributed by atoms with Gasteiger partial charge in [0.15, 0.2) is 5.82 Å². The number of ether oxygens (including phenoxy) is 2. The highest BCUT2D eigenvalue weighted by Crippen LogP contribution is 2.39. The van der Waals surface area contributed by atoms with Gasteiger partial charge in [-0.15, -0.1) is 11.3 Å². The fourth-order valence-corrected chi connectivity index (χ4v) is 4.40. The lowest BCUT2D eigenvalue weighted by Crippen LogP contribution is -2.23. The summed E-state index contributed by atoms with van der Waals surface area (Å²) in [5.41, 5.74) is 1.46. The van der Waals surface area contributed by atoms with Crippen LogP contribution in [-0.2, 0) is 22.3 Å². The minimum atomic E-state index is -0.144. The first kappa shape index (κ1) is 13.4. The molecule has 0 bridgehead atoms. The second-order valence-corrected chi connectivity index (χ2v) is 6.59. The van der Waals surface area contributed by atoms with E-state index < -0.39 is 0 Å². The van der Waals surface area contributed by atoms with E-state index in [-0.39, 0.29) is 6.10 Å². The van der Waals surface area contributed by atoms with Crippen LogP contribution in [0.2, 0.25) is 0 Å². The number of hydrogen-bond acceptors (Lipinski definition) is 6. The molecule has 21 heavy (non-hydrogen) atoms. The Morgan fingerprint density at radius 1 is 1.19 bits per heavy atom. The van der Waals surface area contributed by atoms with Gasteiger partial charge in [0.2, 0.25) is 0 Å². The zero-order valence-corrected chi connectivity index (χ0v) is 13.0. The highest BCUT2D eigenvalue weighted by atomic mass is 32.1. The Morgan fingerprint density at radius 2 is 2.10 bits per heavy atom. The van der Waals surface area contributed by atoms with Crippen molar-refractivity contribution in [1.29, 1.82) is 0 Å². The van der Waals surface area contributed by atoms with Gasteiger partial charge < -0.3 is 14.8 Å². The molecule has 3 heterocycles. The largest absolute Gasteiger partial charge is 0.376 e. The van der Waals surface area contributed by atoms with Crippen LogP contribution in [-0.4, -0.2) is 36.8 Å². The summed E-state index contributed by atoms with van der Waals surface area (Å²) in [5, 5.41) is 4.46. The summed E-state index contributed by atoms with van der Waals surface area (Å²) >= 11 is 1.82. The Hall–Kier alpha value is -1.24. The summed E-state index contributed by atoms with van der Waals surface area (Å²) < 4.78 is 11.2. The molecule has 1 saturated heterocycles. The second-order valence-electron chi connectivity index (χ2n) is 5.51. The van der Waals surface area contributed by atoms with Crippen LogP contribution in [0.15, 0.2) is 0 Å². The van der Waals surface area contributed by atoms with Crippen LogP contribution < -0.4 is 5.32 Å². The molecule has 2 aromatic heterocycles. The van der Waals surface area contributed by atoms with Gasteiger partial charge in [-0.25, -0.2) is 9.97 Å². The van der Waals surface area contributed by atoms with Gasteiger partial charge in [-0.2, -0.15) is 0 Å². The lowest BCUT2D eigenvalue weighted by atomic mass is 9.97. The van der Waals surface area contributed by atoms with Crippen molar-refractivity contribution in [1.82, 2.24) is 9.97 Å². The van der Waals surface area contributed by atoms with E-state index in [9.17, 15) is 0 Å². The molecule has 2 aromatic rings. The molecule has 0 aromatic carbocycles. The topological polar surface area (TPSA) is 56.3 Å². The molecule has 1 atom stereocenters. The van der Waals surface area contributed by atoms with Crippen LogP contribution in [0.25, 0.3) is 10.2 Å². The van der Waals surface area contributed by atoms with E-state index in [4.69, 9.17) is 19.4 Å². The van der Waals surface area contributed by atoms with Crippen LogP contribution in [0.4, 0.5) is 5.82 Å². The number of anilines is 1. The van der Waals surface area contributed by atoms with Crippen molar-refractivity contribution < 1.29 is 9.47 Å². The molecule has 112 valence electrons. The van der Waals surface area contributed by atoms with Gasteiger partial charge in [0, 0.05) is 11.9 Å². The van der Waals surface area contributed by atoms with Gasteiger partial charge in [-0.05, 0) is 31.2 Å². The Kier molecular flexibility index (Phi) is 3.52. The molecular weight excluding hydrogens is 286 g/mol. The molecule has 4 rings (SSSR count). The predicted molar refractivity (Wildman–Crippen MR) is 83.1 cm³/mol. The maximum atomic E-state index is 5.74. The maximum absolute atomic E-state index is 5.74. The summed E-state index contributed by atoms with van der Waals surface area (Å²) in [6, 6.07) is 0. The first-order valence-electron chi connectivity index (χ1n) is 7.56. The molecule has 1 unspecified atom stereocenters. The zero-order chi connectivity index (χ0) is 14.2. The third kappa shape index (κ3) is 2.31. The fourth-order valence-electron chi connectivity index (χ4n) is 3.14. The molecular formula is C15H19N3O2S. The quantitative estimate of drug-likeness (QED) is 0.924. The maximum Gasteiger partial charge on any atom is 0.163 e. The number of rotatable bonds is 2. The van der Waals surface area contributed by atoms with E-state index in [0.717, 1.165) is 22.9 Å². The van der Waals surface area contributed by atoms with Crippen molar-refractivity contribution >= 4 is 27.4 Å². The smallest absolute Gasteiger partial charge is 0.163 e. The molecule has 1 N–H and O–H groups in total. The van der Waals surface area contributed by atoms with E-state index in [1.165, 1.54) is 35.1 Å². The molecule has 0 spiro atoms. The molecule has 1 aliphatic carbocycles. The second kappa shape index (κ2) is 5.51. The van der Waals surface area contributed by atoms with Crippen LogP contribution in [0.1, 0.15) is 35.2 Å². The standard InChI is InChI=1S/C15H19N3O2S/c1-16-14-12-9-4-2-3-5-11(9)21-15(12)18-13(17-14)10-8-19-6-7-20-10/h10H,2-8H2,1H3,(H,16,17,18). The van der Waals surface area contributed by atoms with Gasteiger partial charge in [0.1, 0.15) is 16.8 Å². The summed E-state index contributed by atoms with van der Waals surface area (Å²) in [6.07, 6.45) is 4.74. The fraction of sp³-hybridized carbons (Fsp3) is 0.600. The van der Waals surface area contributed by atoms with Gasteiger partial charge in [0.25, 0.3) is 0 Å². The highest BCUT2D eigenvalue weighted by molar-refractivity contribution is 7.19. The van der Waals surface area contributed by atoms with Crippen molar-refractivity contribution in [2.24, 2.45) is 0 Å². The van der Waals surface area contributed by atoms with E-state index in [1.54, 1.807) is 0 Å². The van der Waals surface area contributed by atoms with E-state index in [0.29, 0.717) is 19.8 Å². The lowest BCUT2D eigenvalue weighted by molar-refractivity contribution is -0.0933. The Labute approximate surface area is 127 Å². The number of aromatic nitrogens is 2. The monoisotopic (exact) mass is 305 g/mol. The average molecular weight is 305 g/mol. The molecule has 2 aliphatic rings. The Bertz CT molecular complexity index is 664. The Balaban J connectivity index is 1.83. The van der Waals surface area contributed by atoms with Crippen LogP contribution >= 0.6 is 11.3 Å². The number of aryl methyl sites for hydroxylation is 2. The van der Waals surface area contributed by atoms with Gasteiger partial charge >= 0.3 is 0 Å². The average Bonchev–Trinajstić information content (AvgIpc) is 2.93. The Morgan fingerprint density at radius 3 is 2.90 bits per heavy atom. The number of nitrogens with one attached hydrogen (secondary N) is 1. The van der Waals surface area contributed by atoms with Crippen molar-refractivity contribution in [3.63, 3.8) is 0 Å². The van der Waals surface area contributed by atoms with Crippen molar-refractivity contribution in [2.45, 2.75) is 31.8 Å². The molecule has 0 radical (unpaired) electrons. The lowest BCUT2D eigenvalue weighted by Gasteiger charge is -2.22. The highest BCUT2D eigenvalue weighted by Gasteiger charge is 2.25. The molecule has 1 aliphatic heterocycles. The third-order valence-corrected chi connectivity index (χ3v) is 5.36. The van der Waals surface area contributed by atoms with Gasteiger partial charge in [-0.3, -0.25) is 0 Å². The first-order chi connectivity index (χ1) is 10.4. The van der Waals surface area contributed by atoms with Crippen molar-refractivity contribution in [2.75, 3.05) is 32.2 Å². The van der Waals surface area contributed by atoms with E-state index in [2.05, 4.69) is 5.32 Å². The van der Waals surface area contributed by atoms with Gasteiger partial charge in [-0.1, -0.05) is 0 Å². The van der Waals surface area contributed by atoms with Gasteiger partial charge in [0.05, 0.1) is 25.2 Å². The van der Waals surface area contributed by atoms with Crippen LogP contribution in [0, 0.1) is 0 Å². The number of hydrogen-bond donors (Lipinski definition) is 1. The minimum absolute atomic E-state index is 0.144. The summed E-state index contributed by atoms with van der Waals surface area (Å²) in [4.78, 5) is 12.1. The molecule has 6 heteroatoms. The number of fused-ring (bicyclic) bond motifs is 3. The predicted octanol–water partition coefficient (Wildman–Crippen LogP) is 2.70. The first-order valence-corrected chi connectivity index (χ1v) is 8.37. The van der Waals surface area contributed by atoms with Crippen molar-refractivity contribution in [3.05, 3.63) is 16.3 Å².